The number of nitrogens with one attached hydrogen (secondary N) is 1. The molecule has 8 nitrogen and oxygen atoms in total. The Balaban J connectivity index is 1.69. The van der Waals surface area contributed by atoms with Gasteiger partial charge in [-0.05, 0) is 47.5 Å². The Labute approximate surface area is 172 Å². The van der Waals surface area contributed by atoms with Crippen LogP contribution in [0.25, 0.3) is 0 Å². The van der Waals surface area contributed by atoms with Crippen molar-refractivity contribution in [3.8, 4) is 0 Å². The van der Waals surface area contributed by atoms with Gasteiger partial charge in [0.25, 0.3) is 5.91 Å². The summed E-state index contributed by atoms with van der Waals surface area (Å²) in [5, 5.41) is 14.3. The lowest BCUT2D eigenvalue weighted by Gasteiger charge is -2.19. The standard InChI is InChI=1S/C20H20ClN5O3/c1-13-16(21)9-6-10-17(13)23-19(27)14(2)29-20(28)18(26-12-22-24-25-26)11-15-7-4-3-5-8-15/h3-10,12,14,18H,11H2,1-2H3,(H,23,27)/t14-,18-/m1/s1. The molecule has 0 fully saturated rings. The second kappa shape index (κ2) is 9.29. The number of amides is 1. The summed E-state index contributed by atoms with van der Waals surface area (Å²) < 4.78 is 6.73. The van der Waals surface area contributed by atoms with Crippen LogP contribution in [0.2, 0.25) is 5.02 Å². The average Bonchev–Trinajstić information content (AvgIpc) is 3.24. The molecule has 0 aliphatic rings. The summed E-state index contributed by atoms with van der Waals surface area (Å²) in [5.74, 6) is -1.06. The van der Waals surface area contributed by atoms with Gasteiger partial charge in [0.15, 0.2) is 12.1 Å². The molecule has 29 heavy (non-hydrogen) atoms. The lowest BCUT2D eigenvalue weighted by Crippen LogP contribution is -2.34. The second-order valence-corrected chi connectivity index (χ2v) is 6.88. The number of carbonyl (C=O) groups excluding carboxylic acids is 2. The number of esters is 1. The summed E-state index contributed by atoms with van der Waals surface area (Å²) in [7, 11) is 0. The average molecular weight is 414 g/mol. The van der Waals surface area contributed by atoms with Crippen LogP contribution in [0.4, 0.5) is 5.69 Å². The topological polar surface area (TPSA) is 99.0 Å². The second-order valence-electron chi connectivity index (χ2n) is 6.48. The van der Waals surface area contributed by atoms with Gasteiger partial charge in [-0.3, -0.25) is 4.79 Å². The number of ether oxygens (including phenoxy) is 1. The zero-order chi connectivity index (χ0) is 20.8. The highest BCUT2D eigenvalue weighted by molar-refractivity contribution is 6.31. The summed E-state index contributed by atoms with van der Waals surface area (Å²) >= 11 is 6.08. The van der Waals surface area contributed by atoms with Gasteiger partial charge >= 0.3 is 5.97 Å². The number of hydrogen-bond donors (Lipinski definition) is 1. The number of halogens is 1. The molecule has 0 saturated heterocycles. The van der Waals surface area contributed by atoms with Crippen LogP contribution in [-0.2, 0) is 20.7 Å². The minimum absolute atomic E-state index is 0.326. The summed E-state index contributed by atoms with van der Waals surface area (Å²) in [6.45, 7) is 3.30. The van der Waals surface area contributed by atoms with Crippen LogP contribution in [0.3, 0.4) is 0 Å². The van der Waals surface area contributed by atoms with Crippen LogP contribution in [-0.4, -0.2) is 38.2 Å². The van der Waals surface area contributed by atoms with Crippen molar-refractivity contribution in [3.05, 3.63) is 71.0 Å². The Bertz CT molecular complexity index is 979. The highest BCUT2D eigenvalue weighted by Gasteiger charge is 2.28. The monoisotopic (exact) mass is 413 g/mol. The van der Waals surface area contributed by atoms with Gasteiger partial charge in [-0.1, -0.05) is 48.0 Å². The molecule has 150 valence electrons. The lowest BCUT2D eigenvalue weighted by atomic mass is 10.1. The number of benzene rings is 2. The number of tetrazole rings is 1. The molecule has 0 unspecified atom stereocenters. The molecular formula is C20H20ClN5O3. The predicted molar refractivity (Wildman–Crippen MR) is 107 cm³/mol. The van der Waals surface area contributed by atoms with E-state index in [1.165, 1.54) is 17.9 Å². The lowest BCUT2D eigenvalue weighted by molar-refractivity contribution is -0.156. The first-order valence-electron chi connectivity index (χ1n) is 8.98. The number of aromatic nitrogens is 4. The maximum Gasteiger partial charge on any atom is 0.332 e. The molecule has 0 spiro atoms. The summed E-state index contributed by atoms with van der Waals surface area (Å²) in [6.07, 6.45) is 0.650. The van der Waals surface area contributed by atoms with Gasteiger partial charge in [0, 0.05) is 17.1 Å². The van der Waals surface area contributed by atoms with E-state index in [0.29, 0.717) is 17.1 Å². The van der Waals surface area contributed by atoms with E-state index in [-0.39, 0.29) is 0 Å². The molecule has 1 amide bonds. The zero-order valence-corrected chi connectivity index (χ0v) is 16.7. The van der Waals surface area contributed by atoms with Crippen molar-refractivity contribution in [3.63, 3.8) is 0 Å². The first-order chi connectivity index (χ1) is 14.0. The molecular weight excluding hydrogens is 394 g/mol. The van der Waals surface area contributed by atoms with Crippen molar-refractivity contribution in [1.29, 1.82) is 0 Å². The molecule has 9 heteroatoms. The number of nitrogens with zero attached hydrogens (tertiary/aromatic N) is 4. The van der Waals surface area contributed by atoms with Crippen LogP contribution in [0, 0.1) is 6.92 Å². The summed E-state index contributed by atoms with van der Waals surface area (Å²) in [4.78, 5) is 25.3. The SMILES string of the molecule is Cc1c(Cl)cccc1NC(=O)[C@@H](C)OC(=O)[C@@H](Cc1ccccc1)n1cnnn1. The summed E-state index contributed by atoms with van der Waals surface area (Å²) in [5.41, 5.74) is 2.21. The fourth-order valence-electron chi connectivity index (χ4n) is 2.72. The molecule has 0 radical (unpaired) electrons. The molecule has 0 saturated carbocycles. The van der Waals surface area contributed by atoms with E-state index in [4.69, 9.17) is 16.3 Å². The highest BCUT2D eigenvalue weighted by atomic mass is 35.5. The van der Waals surface area contributed by atoms with Gasteiger partial charge in [0.1, 0.15) is 6.33 Å². The normalized spacial score (nSPS) is 12.8. The number of carbonyl (C=O) groups is 2. The van der Waals surface area contributed by atoms with Gasteiger partial charge < -0.3 is 10.1 Å². The Morgan fingerprint density at radius 2 is 1.93 bits per heavy atom. The first kappa shape index (κ1) is 20.5. The van der Waals surface area contributed by atoms with Crippen molar-refractivity contribution in [1.82, 2.24) is 20.2 Å². The van der Waals surface area contributed by atoms with Crippen molar-refractivity contribution < 1.29 is 14.3 Å². The van der Waals surface area contributed by atoms with Crippen LogP contribution >= 0.6 is 11.6 Å². The van der Waals surface area contributed by atoms with Crippen molar-refractivity contribution in [2.45, 2.75) is 32.4 Å². The first-order valence-corrected chi connectivity index (χ1v) is 9.36. The van der Waals surface area contributed by atoms with Crippen LogP contribution < -0.4 is 5.32 Å². The fraction of sp³-hybridized carbons (Fsp3) is 0.250. The summed E-state index contributed by atoms with van der Waals surface area (Å²) in [6, 6.07) is 13.8. The van der Waals surface area contributed by atoms with Gasteiger partial charge in [-0.25, -0.2) is 9.48 Å². The predicted octanol–water partition coefficient (Wildman–Crippen LogP) is 2.99. The highest BCUT2D eigenvalue weighted by Crippen LogP contribution is 2.23. The van der Waals surface area contributed by atoms with E-state index in [2.05, 4.69) is 20.8 Å². The van der Waals surface area contributed by atoms with E-state index in [9.17, 15) is 9.59 Å². The molecule has 2 atom stereocenters. The van der Waals surface area contributed by atoms with Gasteiger partial charge in [0.05, 0.1) is 0 Å². The van der Waals surface area contributed by atoms with E-state index < -0.39 is 24.0 Å². The Hall–Kier alpha value is -3.26. The van der Waals surface area contributed by atoms with E-state index in [0.717, 1.165) is 11.1 Å². The Kier molecular flexibility index (Phi) is 6.56. The van der Waals surface area contributed by atoms with Crippen LogP contribution in [0.15, 0.2) is 54.9 Å². The Morgan fingerprint density at radius 3 is 2.62 bits per heavy atom. The van der Waals surface area contributed by atoms with E-state index in [1.807, 2.05) is 30.3 Å². The van der Waals surface area contributed by atoms with Gasteiger partial charge in [0.2, 0.25) is 0 Å². The molecule has 1 aromatic heterocycles. The maximum atomic E-state index is 12.8. The molecule has 3 rings (SSSR count). The van der Waals surface area contributed by atoms with Crippen LogP contribution in [0.5, 0.6) is 0 Å². The van der Waals surface area contributed by atoms with Crippen molar-refractivity contribution in [2.75, 3.05) is 5.32 Å². The van der Waals surface area contributed by atoms with E-state index in [1.54, 1.807) is 25.1 Å². The molecule has 3 aromatic rings. The minimum atomic E-state index is -1.02. The number of anilines is 1. The molecule has 2 aromatic carbocycles. The molecule has 0 bridgehead atoms. The number of hydrogen-bond acceptors (Lipinski definition) is 6. The Morgan fingerprint density at radius 1 is 1.17 bits per heavy atom. The smallest absolute Gasteiger partial charge is 0.332 e. The van der Waals surface area contributed by atoms with E-state index >= 15 is 0 Å². The largest absolute Gasteiger partial charge is 0.451 e. The zero-order valence-electron chi connectivity index (χ0n) is 15.9. The quantitative estimate of drug-likeness (QED) is 0.598. The molecule has 0 aliphatic carbocycles. The van der Waals surface area contributed by atoms with Gasteiger partial charge in [-0.15, -0.1) is 5.10 Å². The third-order valence-corrected chi connectivity index (χ3v) is 4.83. The van der Waals surface area contributed by atoms with Crippen molar-refractivity contribution in [2.24, 2.45) is 0 Å². The van der Waals surface area contributed by atoms with Crippen molar-refractivity contribution >= 4 is 29.2 Å². The van der Waals surface area contributed by atoms with Crippen LogP contribution in [0.1, 0.15) is 24.1 Å². The fourth-order valence-corrected chi connectivity index (χ4v) is 2.89. The molecule has 1 heterocycles. The maximum absolute atomic E-state index is 12.8. The third-order valence-electron chi connectivity index (χ3n) is 4.42. The third kappa shape index (κ3) is 5.17. The number of rotatable bonds is 7. The minimum Gasteiger partial charge on any atom is -0.451 e. The molecule has 1 N–H and O–H groups in total. The van der Waals surface area contributed by atoms with Gasteiger partial charge in [-0.2, -0.15) is 0 Å². The molecule has 0 aliphatic heterocycles.